The number of aliphatic hydroxyl groups excluding tert-OH is 1. The molecule has 6 heteroatoms. The third-order valence-corrected chi connectivity index (χ3v) is 5.02. The molecule has 1 aromatic rings. The van der Waals surface area contributed by atoms with E-state index in [1.54, 1.807) is 0 Å². The van der Waals surface area contributed by atoms with E-state index >= 15 is 0 Å². The lowest BCUT2D eigenvalue weighted by Gasteiger charge is -2.43. The fourth-order valence-electron chi connectivity index (χ4n) is 3.94. The van der Waals surface area contributed by atoms with Gasteiger partial charge < -0.3 is 19.6 Å². The Kier molecular flexibility index (Phi) is 5.15. The van der Waals surface area contributed by atoms with Crippen LogP contribution in [-0.2, 0) is 11.2 Å². The Labute approximate surface area is 156 Å². The first kappa shape index (κ1) is 19.0. The number of amides is 1. The average Bonchev–Trinajstić information content (AvgIpc) is 2.91. The van der Waals surface area contributed by atoms with E-state index < -0.39 is 11.7 Å². The van der Waals surface area contributed by atoms with Crippen molar-refractivity contribution in [1.82, 2.24) is 9.88 Å². The quantitative estimate of drug-likeness (QED) is 0.895. The van der Waals surface area contributed by atoms with Crippen LogP contribution < -0.4 is 4.90 Å². The maximum Gasteiger partial charge on any atom is 0.410 e. The second kappa shape index (κ2) is 7.06. The molecule has 144 valence electrons. The molecule has 1 N–H and O–H groups in total. The smallest absolute Gasteiger partial charge is 0.410 e. The van der Waals surface area contributed by atoms with Gasteiger partial charge in [0.15, 0.2) is 0 Å². The monoisotopic (exact) mass is 361 g/mol. The van der Waals surface area contributed by atoms with Crippen LogP contribution in [0, 0.1) is 0 Å². The highest BCUT2D eigenvalue weighted by Crippen LogP contribution is 2.36. The van der Waals surface area contributed by atoms with Crippen LogP contribution in [0.15, 0.2) is 12.1 Å². The van der Waals surface area contributed by atoms with Crippen molar-refractivity contribution < 1.29 is 14.6 Å². The number of fused-ring (bicyclic) bond motifs is 3. The molecule has 1 fully saturated rings. The normalized spacial score (nSPS) is 23.5. The number of piperazine rings is 1. The Hall–Kier alpha value is -1.82. The van der Waals surface area contributed by atoms with Crippen molar-refractivity contribution in [2.24, 2.45) is 0 Å². The first-order valence-corrected chi connectivity index (χ1v) is 9.63. The summed E-state index contributed by atoms with van der Waals surface area (Å²) in [4.78, 5) is 21.4. The summed E-state index contributed by atoms with van der Waals surface area (Å²) in [6.07, 6.45) is 1.76. The maximum absolute atomic E-state index is 12.5. The van der Waals surface area contributed by atoms with Crippen LogP contribution in [0.2, 0.25) is 0 Å². The molecule has 3 unspecified atom stereocenters. The molecule has 3 rings (SSSR count). The van der Waals surface area contributed by atoms with Gasteiger partial charge in [0.25, 0.3) is 0 Å². The summed E-state index contributed by atoms with van der Waals surface area (Å²) in [6, 6.07) is 4.40. The predicted molar refractivity (Wildman–Crippen MR) is 101 cm³/mol. The molecule has 2 aliphatic rings. The molecule has 0 aromatic carbocycles. The summed E-state index contributed by atoms with van der Waals surface area (Å²) in [7, 11) is 0. The number of aliphatic hydroxyl groups is 1. The summed E-state index contributed by atoms with van der Waals surface area (Å²) in [5.74, 6) is 0.971. The van der Waals surface area contributed by atoms with Crippen LogP contribution in [0.4, 0.5) is 10.6 Å². The zero-order valence-electron chi connectivity index (χ0n) is 16.5. The van der Waals surface area contributed by atoms with Gasteiger partial charge in [-0.2, -0.15) is 0 Å². The number of pyridine rings is 1. The van der Waals surface area contributed by atoms with Crippen LogP contribution in [-0.4, -0.2) is 51.9 Å². The second-order valence-electron chi connectivity index (χ2n) is 8.52. The lowest BCUT2D eigenvalue weighted by Crippen LogP contribution is -2.58. The molecule has 6 nitrogen and oxygen atoms in total. The van der Waals surface area contributed by atoms with Gasteiger partial charge in [-0.15, -0.1) is 0 Å². The second-order valence-corrected chi connectivity index (χ2v) is 8.52. The van der Waals surface area contributed by atoms with E-state index in [0.29, 0.717) is 13.1 Å². The number of aromatic nitrogens is 1. The molecular weight excluding hydrogens is 330 g/mol. The number of rotatable bonds is 3. The minimum Gasteiger partial charge on any atom is -0.444 e. The molecule has 3 heterocycles. The van der Waals surface area contributed by atoms with Gasteiger partial charge in [-0.25, -0.2) is 9.78 Å². The predicted octanol–water partition coefficient (Wildman–Crippen LogP) is 3.29. The number of ether oxygens (including phenoxy) is 1. The van der Waals surface area contributed by atoms with Gasteiger partial charge >= 0.3 is 6.09 Å². The summed E-state index contributed by atoms with van der Waals surface area (Å²) < 4.78 is 5.55. The Morgan fingerprint density at radius 1 is 1.38 bits per heavy atom. The number of hydrogen-bond acceptors (Lipinski definition) is 5. The first-order valence-electron chi connectivity index (χ1n) is 9.63. The molecule has 2 aliphatic heterocycles. The highest BCUT2D eigenvalue weighted by atomic mass is 16.6. The highest BCUT2D eigenvalue weighted by molar-refractivity contribution is 5.69. The number of anilines is 1. The van der Waals surface area contributed by atoms with E-state index in [-0.39, 0.29) is 18.2 Å². The Bertz CT molecular complexity index is 671. The number of carbonyl (C=O) groups is 1. The van der Waals surface area contributed by atoms with Crippen LogP contribution in [0.3, 0.4) is 0 Å². The topological polar surface area (TPSA) is 65.9 Å². The van der Waals surface area contributed by atoms with E-state index in [4.69, 9.17) is 9.72 Å². The summed E-state index contributed by atoms with van der Waals surface area (Å²) in [5, 5.41) is 10.3. The summed E-state index contributed by atoms with van der Waals surface area (Å²) >= 11 is 0. The molecule has 0 bridgehead atoms. The van der Waals surface area contributed by atoms with Crippen molar-refractivity contribution in [3.05, 3.63) is 23.4 Å². The standard InChI is InChI=1S/C20H31N3O3/c1-6-7-17(24)16-9-8-14-10-15-12-22(19(25)26-20(3,4)5)11-13(2)23(15)18(14)21-16/h8-9,13,15,17,24H,6-7,10-12H2,1-5H3. The van der Waals surface area contributed by atoms with Gasteiger partial charge in [0.1, 0.15) is 11.4 Å². The van der Waals surface area contributed by atoms with Crippen LogP contribution >= 0.6 is 0 Å². The van der Waals surface area contributed by atoms with Gasteiger partial charge in [0.2, 0.25) is 0 Å². The first-order chi connectivity index (χ1) is 12.2. The van der Waals surface area contributed by atoms with Gasteiger partial charge in [0.05, 0.1) is 17.8 Å². The van der Waals surface area contributed by atoms with Crippen LogP contribution in [0.25, 0.3) is 0 Å². The molecule has 0 aliphatic carbocycles. The number of nitrogens with zero attached hydrogens (tertiary/aromatic N) is 3. The van der Waals surface area contributed by atoms with Crippen LogP contribution in [0.5, 0.6) is 0 Å². The SMILES string of the molecule is CCCC(O)c1ccc2c(n1)N1C(C)CN(C(=O)OC(C)(C)C)CC1C2. The molecule has 3 atom stereocenters. The van der Waals surface area contributed by atoms with Crippen molar-refractivity contribution in [2.45, 2.75) is 77.7 Å². The maximum atomic E-state index is 12.5. The van der Waals surface area contributed by atoms with Crippen molar-refractivity contribution >= 4 is 11.9 Å². The van der Waals surface area contributed by atoms with Gasteiger partial charge in [-0.1, -0.05) is 19.4 Å². The van der Waals surface area contributed by atoms with Gasteiger partial charge in [-0.05, 0) is 52.2 Å². The fourth-order valence-corrected chi connectivity index (χ4v) is 3.94. The largest absolute Gasteiger partial charge is 0.444 e. The average molecular weight is 361 g/mol. The molecule has 0 saturated carbocycles. The lowest BCUT2D eigenvalue weighted by atomic mass is 10.1. The third-order valence-electron chi connectivity index (χ3n) is 5.02. The van der Waals surface area contributed by atoms with E-state index in [2.05, 4.69) is 24.8 Å². The molecule has 1 amide bonds. The van der Waals surface area contributed by atoms with E-state index in [1.165, 1.54) is 5.56 Å². The lowest BCUT2D eigenvalue weighted by molar-refractivity contribution is 0.0191. The van der Waals surface area contributed by atoms with Crippen molar-refractivity contribution in [2.75, 3.05) is 18.0 Å². The molecule has 1 saturated heterocycles. The molecule has 1 aromatic heterocycles. The Morgan fingerprint density at radius 2 is 2.12 bits per heavy atom. The van der Waals surface area contributed by atoms with Gasteiger partial charge in [-0.3, -0.25) is 0 Å². The van der Waals surface area contributed by atoms with Crippen LogP contribution in [0.1, 0.15) is 64.8 Å². The molecule has 0 spiro atoms. The zero-order chi connectivity index (χ0) is 19.1. The van der Waals surface area contributed by atoms with E-state index in [1.807, 2.05) is 31.7 Å². The van der Waals surface area contributed by atoms with E-state index in [0.717, 1.165) is 30.8 Å². The summed E-state index contributed by atoms with van der Waals surface area (Å²) in [6.45, 7) is 11.1. The zero-order valence-corrected chi connectivity index (χ0v) is 16.5. The summed E-state index contributed by atoms with van der Waals surface area (Å²) in [5.41, 5.74) is 1.45. The van der Waals surface area contributed by atoms with Crippen molar-refractivity contribution in [1.29, 1.82) is 0 Å². The van der Waals surface area contributed by atoms with Crippen molar-refractivity contribution in [3.63, 3.8) is 0 Å². The van der Waals surface area contributed by atoms with Gasteiger partial charge in [0, 0.05) is 19.1 Å². The number of hydrogen-bond donors (Lipinski definition) is 1. The fraction of sp³-hybridized carbons (Fsp3) is 0.700. The molecule has 0 radical (unpaired) electrons. The Balaban J connectivity index is 1.77. The van der Waals surface area contributed by atoms with Crippen molar-refractivity contribution in [3.8, 4) is 0 Å². The minimum absolute atomic E-state index is 0.161. The highest BCUT2D eigenvalue weighted by Gasteiger charge is 2.41. The third kappa shape index (κ3) is 3.80. The Morgan fingerprint density at radius 3 is 2.77 bits per heavy atom. The number of carbonyl (C=O) groups excluding carboxylic acids is 1. The molecular formula is C20H31N3O3. The van der Waals surface area contributed by atoms with E-state index in [9.17, 15) is 9.90 Å². The minimum atomic E-state index is -0.511. The molecule has 26 heavy (non-hydrogen) atoms.